The Balaban J connectivity index is 1.63. The van der Waals surface area contributed by atoms with Crippen LogP contribution in [0.2, 0.25) is 0 Å². The van der Waals surface area contributed by atoms with Crippen molar-refractivity contribution in [1.82, 2.24) is 10.3 Å². The maximum absolute atomic E-state index is 12.3. The van der Waals surface area contributed by atoms with Gasteiger partial charge in [0.15, 0.2) is 0 Å². The van der Waals surface area contributed by atoms with Gasteiger partial charge in [-0.2, -0.15) is 0 Å². The van der Waals surface area contributed by atoms with Gasteiger partial charge in [0, 0.05) is 21.8 Å². The third-order valence-corrected chi connectivity index (χ3v) is 4.57. The molecule has 2 aromatic heterocycles. The summed E-state index contributed by atoms with van der Waals surface area (Å²) in [6, 6.07) is 13.3. The summed E-state index contributed by atoms with van der Waals surface area (Å²) in [6.45, 7) is 1.90. The zero-order chi connectivity index (χ0) is 15.5. The van der Waals surface area contributed by atoms with Gasteiger partial charge in [0.25, 0.3) is 5.91 Å². The first-order chi connectivity index (χ1) is 10.6. The lowest BCUT2D eigenvalue weighted by atomic mass is 10.1. The van der Waals surface area contributed by atoms with E-state index >= 15 is 0 Å². The number of para-hydroxylation sites is 1. The first-order valence-corrected chi connectivity index (χ1v) is 8.11. The number of thiophene rings is 1. The third kappa shape index (κ3) is 3.21. The summed E-state index contributed by atoms with van der Waals surface area (Å²) in [6.07, 6.45) is -0.0510. The Hall–Kier alpha value is -2.11. The molecule has 4 nitrogen and oxygen atoms in total. The molecule has 22 heavy (non-hydrogen) atoms. The highest BCUT2D eigenvalue weighted by molar-refractivity contribution is 7.10. The minimum Gasteiger partial charge on any atom is -0.387 e. The van der Waals surface area contributed by atoms with Gasteiger partial charge in [0.2, 0.25) is 0 Å². The van der Waals surface area contributed by atoms with E-state index in [9.17, 15) is 9.90 Å². The average molecular weight is 314 g/mol. The van der Waals surface area contributed by atoms with E-state index < -0.39 is 6.10 Å². The van der Waals surface area contributed by atoms with Gasteiger partial charge in [-0.05, 0) is 36.9 Å². The summed E-state index contributed by atoms with van der Waals surface area (Å²) in [7, 11) is 0. The Morgan fingerprint density at radius 3 is 2.86 bits per heavy atom. The Bertz CT molecular complexity index is 731. The number of fused-ring (bicyclic) bond motifs is 1. The summed E-state index contributed by atoms with van der Waals surface area (Å²) < 4.78 is 0. The fourth-order valence-corrected chi connectivity index (χ4v) is 3.21. The van der Waals surface area contributed by atoms with Gasteiger partial charge >= 0.3 is 0 Å². The number of carbonyl (C=O) groups excluding carboxylic acids is 1. The molecule has 0 aliphatic heterocycles. The summed E-state index contributed by atoms with van der Waals surface area (Å²) in [5, 5.41) is 16.0. The normalized spacial score (nSPS) is 13.9. The van der Waals surface area contributed by atoms with E-state index in [1.165, 1.54) is 11.3 Å². The van der Waals surface area contributed by atoms with Crippen LogP contribution in [0.3, 0.4) is 0 Å². The second-order valence-corrected chi connectivity index (χ2v) is 6.39. The zero-order valence-corrected chi connectivity index (χ0v) is 13.1. The minimum absolute atomic E-state index is 0.115. The predicted molar refractivity (Wildman–Crippen MR) is 89.1 cm³/mol. The van der Waals surface area contributed by atoms with Crippen LogP contribution in [0.5, 0.6) is 0 Å². The second-order valence-electron chi connectivity index (χ2n) is 5.41. The molecule has 2 heterocycles. The molecule has 3 rings (SSSR count). The summed E-state index contributed by atoms with van der Waals surface area (Å²) in [5.41, 5.74) is 1.48. The maximum Gasteiger partial charge on any atom is 0.267 e. The summed E-state index contributed by atoms with van der Waals surface area (Å²) >= 11 is 1.52. The fraction of sp³-hybridized carbons (Fsp3) is 0.235. The van der Waals surface area contributed by atoms with E-state index in [1.807, 2.05) is 54.8 Å². The lowest BCUT2D eigenvalue weighted by Gasteiger charge is -2.16. The van der Waals surface area contributed by atoms with Crippen LogP contribution in [0.4, 0.5) is 0 Å². The number of aliphatic hydroxyl groups excluding tert-OH is 1. The maximum atomic E-state index is 12.3. The van der Waals surface area contributed by atoms with Gasteiger partial charge in [0.05, 0.1) is 6.10 Å². The highest BCUT2D eigenvalue weighted by Crippen LogP contribution is 2.23. The van der Waals surface area contributed by atoms with E-state index in [1.54, 1.807) is 0 Å². The highest BCUT2D eigenvalue weighted by atomic mass is 32.1. The van der Waals surface area contributed by atoms with Crippen molar-refractivity contribution in [3.63, 3.8) is 0 Å². The van der Waals surface area contributed by atoms with Crippen molar-refractivity contribution in [1.29, 1.82) is 0 Å². The van der Waals surface area contributed by atoms with Crippen LogP contribution in [0, 0.1) is 0 Å². The molecule has 0 aliphatic rings. The molecule has 1 amide bonds. The number of rotatable bonds is 5. The molecule has 5 heteroatoms. The highest BCUT2D eigenvalue weighted by Gasteiger charge is 2.17. The Kier molecular flexibility index (Phi) is 4.27. The zero-order valence-electron chi connectivity index (χ0n) is 12.2. The molecular formula is C17H18N2O2S. The molecule has 0 bridgehead atoms. The molecule has 2 atom stereocenters. The molecule has 114 valence electrons. The van der Waals surface area contributed by atoms with Crippen LogP contribution in [-0.2, 0) is 0 Å². The van der Waals surface area contributed by atoms with Crippen LogP contribution in [0.1, 0.15) is 34.8 Å². The molecule has 0 spiro atoms. The van der Waals surface area contributed by atoms with Crippen molar-refractivity contribution in [2.75, 3.05) is 0 Å². The van der Waals surface area contributed by atoms with Crippen LogP contribution in [0.15, 0.2) is 47.8 Å². The molecule has 1 aromatic carbocycles. The average Bonchev–Trinajstić information content (AvgIpc) is 3.16. The summed E-state index contributed by atoms with van der Waals surface area (Å²) in [5.74, 6) is -0.151. The number of carbonyl (C=O) groups is 1. The molecule has 3 aromatic rings. The molecule has 0 saturated heterocycles. The molecule has 0 radical (unpaired) electrons. The number of aromatic nitrogens is 1. The van der Waals surface area contributed by atoms with E-state index in [4.69, 9.17) is 0 Å². The second kappa shape index (κ2) is 6.34. The number of hydrogen-bond acceptors (Lipinski definition) is 3. The molecule has 0 aliphatic carbocycles. The smallest absolute Gasteiger partial charge is 0.267 e. The molecule has 0 saturated carbocycles. The SMILES string of the molecule is C[C@@H](C[C@H](O)c1cccs1)NC(=O)c1cc2ccccc2[nH]1. The number of benzene rings is 1. The van der Waals surface area contributed by atoms with Gasteiger partial charge < -0.3 is 15.4 Å². The van der Waals surface area contributed by atoms with Crippen molar-refractivity contribution in [3.05, 3.63) is 58.4 Å². The number of H-pyrrole nitrogens is 1. The third-order valence-electron chi connectivity index (χ3n) is 3.60. The van der Waals surface area contributed by atoms with Crippen LogP contribution >= 0.6 is 11.3 Å². The van der Waals surface area contributed by atoms with E-state index in [2.05, 4.69) is 10.3 Å². The lowest BCUT2D eigenvalue weighted by molar-refractivity contribution is 0.0914. The predicted octanol–water partition coefficient (Wildman–Crippen LogP) is 3.47. The van der Waals surface area contributed by atoms with Crippen molar-refractivity contribution in [2.45, 2.75) is 25.5 Å². The number of nitrogens with one attached hydrogen (secondary N) is 2. The standard InChI is InChI=1S/C17H18N2O2S/c1-11(9-15(20)16-7-4-8-22-16)18-17(21)14-10-12-5-2-3-6-13(12)19-14/h2-8,10-11,15,19-20H,9H2,1H3,(H,18,21)/t11-,15-/m0/s1. The first kappa shape index (κ1) is 14.8. The first-order valence-electron chi connectivity index (χ1n) is 7.23. The number of aliphatic hydroxyl groups is 1. The van der Waals surface area contributed by atoms with Crippen molar-refractivity contribution in [2.24, 2.45) is 0 Å². The van der Waals surface area contributed by atoms with Crippen molar-refractivity contribution in [3.8, 4) is 0 Å². The van der Waals surface area contributed by atoms with Gasteiger partial charge in [-0.15, -0.1) is 11.3 Å². The Labute approximate surface area is 132 Å². The number of amides is 1. The van der Waals surface area contributed by atoms with Crippen LogP contribution in [0.25, 0.3) is 10.9 Å². The van der Waals surface area contributed by atoms with Crippen LogP contribution < -0.4 is 5.32 Å². The van der Waals surface area contributed by atoms with E-state index in [0.29, 0.717) is 12.1 Å². The van der Waals surface area contributed by atoms with Gasteiger partial charge in [-0.3, -0.25) is 4.79 Å². The largest absolute Gasteiger partial charge is 0.387 e. The monoisotopic (exact) mass is 314 g/mol. The lowest BCUT2D eigenvalue weighted by Crippen LogP contribution is -2.33. The molecular weight excluding hydrogens is 296 g/mol. The number of hydrogen-bond donors (Lipinski definition) is 3. The van der Waals surface area contributed by atoms with Crippen molar-refractivity contribution >= 4 is 28.1 Å². The number of aromatic amines is 1. The quantitative estimate of drug-likeness (QED) is 0.675. The van der Waals surface area contributed by atoms with Gasteiger partial charge in [-0.25, -0.2) is 0 Å². The minimum atomic E-state index is -0.544. The van der Waals surface area contributed by atoms with Gasteiger partial charge in [0.1, 0.15) is 5.69 Å². The molecule has 0 unspecified atom stereocenters. The van der Waals surface area contributed by atoms with Gasteiger partial charge in [-0.1, -0.05) is 24.3 Å². The van der Waals surface area contributed by atoms with Crippen LogP contribution in [-0.4, -0.2) is 22.0 Å². The Morgan fingerprint density at radius 1 is 1.32 bits per heavy atom. The molecule has 0 fully saturated rings. The van der Waals surface area contributed by atoms with E-state index in [0.717, 1.165) is 15.8 Å². The topological polar surface area (TPSA) is 65.1 Å². The fourth-order valence-electron chi connectivity index (χ4n) is 2.49. The van der Waals surface area contributed by atoms with E-state index in [-0.39, 0.29) is 11.9 Å². The Morgan fingerprint density at radius 2 is 2.14 bits per heavy atom. The van der Waals surface area contributed by atoms with Crippen molar-refractivity contribution < 1.29 is 9.90 Å². The molecule has 3 N–H and O–H groups in total. The summed E-state index contributed by atoms with van der Waals surface area (Å²) in [4.78, 5) is 16.3.